The molecule has 0 saturated heterocycles. The van der Waals surface area contributed by atoms with Crippen LogP contribution in [0.1, 0.15) is 41.8 Å². The van der Waals surface area contributed by atoms with Crippen molar-refractivity contribution in [1.29, 1.82) is 0 Å². The maximum Gasteiger partial charge on any atom is 0.0416 e. The van der Waals surface area contributed by atoms with Gasteiger partial charge in [0.15, 0.2) is 0 Å². The van der Waals surface area contributed by atoms with Crippen molar-refractivity contribution in [3.05, 3.63) is 65.0 Å². The molecular formula is C18H22N2. The van der Waals surface area contributed by atoms with Crippen molar-refractivity contribution in [2.75, 3.05) is 6.54 Å². The van der Waals surface area contributed by atoms with Gasteiger partial charge in [-0.2, -0.15) is 0 Å². The molecule has 1 aliphatic rings. The molecule has 1 aromatic carbocycles. The summed E-state index contributed by atoms with van der Waals surface area (Å²) in [5.74, 6) is 0. The molecule has 2 nitrogen and oxygen atoms in total. The van der Waals surface area contributed by atoms with Crippen LogP contribution >= 0.6 is 0 Å². The van der Waals surface area contributed by atoms with Gasteiger partial charge in [0.05, 0.1) is 0 Å². The van der Waals surface area contributed by atoms with Crippen LogP contribution in [0.4, 0.5) is 0 Å². The van der Waals surface area contributed by atoms with Crippen LogP contribution in [-0.4, -0.2) is 11.5 Å². The number of rotatable bonds is 5. The molecule has 0 spiro atoms. The Hall–Kier alpha value is -1.67. The van der Waals surface area contributed by atoms with Crippen molar-refractivity contribution in [2.45, 2.75) is 38.6 Å². The second kappa shape index (κ2) is 6.19. The number of fused-ring (bicyclic) bond motifs is 1. The van der Waals surface area contributed by atoms with E-state index in [4.69, 9.17) is 0 Å². The zero-order valence-corrected chi connectivity index (χ0v) is 12.1. The third-order valence-corrected chi connectivity index (χ3v) is 4.18. The third-order valence-electron chi connectivity index (χ3n) is 4.18. The Morgan fingerprint density at radius 2 is 2.05 bits per heavy atom. The summed E-state index contributed by atoms with van der Waals surface area (Å²) in [5, 5.41) is 3.60. The van der Waals surface area contributed by atoms with Crippen molar-refractivity contribution < 1.29 is 0 Å². The van der Waals surface area contributed by atoms with Crippen molar-refractivity contribution in [1.82, 2.24) is 10.3 Å². The highest BCUT2D eigenvalue weighted by atomic mass is 14.9. The number of benzene rings is 1. The normalized spacial score (nSPS) is 15.1. The lowest BCUT2D eigenvalue weighted by molar-refractivity contribution is 0.573. The zero-order valence-electron chi connectivity index (χ0n) is 12.1. The molecule has 1 atom stereocenters. The fourth-order valence-corrected chi connectivity index (χ4v) is 2.94. The fourth-order valence-electron chi connectivity index (χ4n) is 2.94. The van der Waals surface area contributed by atoms with Crippen molar-refractivity contribution in [2.24, 2.45) is 0 Å². The number of nitrogens with zero attached hydrogens (tertiary/aromatic N) is 1. The third kappa shape index (κ3) is 3.07. The standard InChI is InChI=1S/C18H22N2/c1-14(19-12-10-18-7-2-3-11-20-18)16-9-8-15-5-4-6-17(15)13-16/h2-3,7-9,11,13-14,19H,4-6,10,12H2,1H3. The van der Waals surface area contributed by atoms with Gasteiger partial charge < -0.3 is 5.32 Å². The second-order valence-corrected chi connectivity index (χ2v) is 5.63. The Morgan fingerprint density at radius 1 is 1.15 bits per heavy atom. The molecule has 104 valence electrons. The summed E-state index contributed by atoms with van der Waals surface area (Å²) in [5.41, 5.74) is 5.67. The molecule has 3 rings (SSSR count). The van der Waals surface area contributed by atoms with Crippen LogP contribution in [0.25, 0.3) is 0 Å². The van der Waals surface area contributed by atoms with Crippen LogP contribution in [0.5, 0.6) is 0 Å². The van der Waals surface area contributed by atoms with Crippen molar-refractivity contribution in [3.63, 3.8) is 0 Å². The van der Waals surface area contributed by atoms with Gasteiger partial charge in [0.2, 0.25) is 0 Å². The number of nitrogens with one attached hydrogen (secondary N) is 1. The highest BCUT2D eigenvalue weighted by molar-refractivity contribution is 5.36. The van der Waals surface area contributed by atoms with Crippen LogP contribution in [0.3, 0.4) is 0 Å². The number of aryl methyl sites for hydroxylation is 2. The minimum absolute atomic E-state index is 0.407. The van der Waals surface area contributed by atoms with E-state index in [-0.39, 0.29) is 0 Å². The Kier molecular flexibility index (Phi) is 4.12. The largest absolute Gasteiger partial charge is 0.310 e. The molecule has 1 heterocycles. The second-order valence-electron chi connectivity index (χ2n) is 5.63. The van der Waals surface area contributed by atoms with Gasteiger partial charge in [0, 0.05) is 30.9 Å². The van der Waals surface area contributed by atoms with Gasteiger partial charge in [0.25, 0.3) is 0 Å². The van der Waals surface area contributed by atoms with E-state index in [0.717, 1.165) is 18.7 Å². The average molecular weight is 266 g/mol. The summed E-state index contributed by atoms with van der Waals surface area (Å²) in [6.45, 7) is 3.21. The molecule has 0 bridgehead atoms. The smallest absolute Gasteiger partial charge is 0.0416 e. The van der Waals surface area contributed by atoms with Gasteiger partial charge in [-0.3, -0.25) is 4.98 Å². The van der Waals surface area contributed by atoms with Crippen LogP contribution in [0.15, 0.2) is 42.6 Å². The fraction of sp³-hybridized carbons (Fsp3) is 0.389. The highest BCUT2D eigenvalue weighted by Crippen LogP contribution is 2.25. The Bertz CT molecular complexity index is 563. The first kappa shape index (κ1) is 13.3. The zero-order chi connectivity index (χ0) is 13.8. The van der Waals surface area contributed by atoms with Gasteiger partial charge in [-0.25, -0.2) is 0 Å². The lowest BCUT2D eigenvalue weighted by Gasteiger charge is -2.15. The maximum absolute atomic E-state index is 4.36. The molecule has 0 aliphatic heterocycles. The maximum atomic E-state index is 4.36. The predicted octanol–water partition coefficient (Wildman–Crippen LogP) is 3.46. The highest BCUT2D eigenvalue weighted by Gasteiger charge is 2.13. The predicted molar refractivity (Wildman–Crippen MR) is 82.8 cm³/mol. The van der Waals surface area contributed by atoms with Crippen LogP contribution < -0.4 is 5.32 Å². The molecule has 1 aromatic heterocycles. The lowest BCUT2D eigenvalue weighted by Crippen LogP contribution is -2.21. The lowest BCUT2D eigenvalue weighted by atomic mass is 10.0. The summed E-state index contributed by atoms with van der Waals surface area (Å²) >= 11 is 0. The first-order valence-electron chi connectivity index (χ1n) is 7.58. The first-order chi connectivity index (χ1) is 9.83. The van der Waals surface area contributed by atoms with Gasteiger partial charge in [-0.05, 0) is 55.0 Å². The van der Waals surface area contributed by atoms with Crippen molar-refractivity contribution in [3.8, 4) is 0 Å². The minimum Gasteiger partial charge on any atom is -0.310 e. The quantitative estimate of drug-likeness (QED) is 0.896. The summed E-state index contributed by atoms with van der Waals surface area (Å²) in [6, 6.07) is 13.5. The number of hydrogen-bond donors (Lipinski definition) is 1. The Balaban J connectivity index is 1.55. The average Bonchev–Trinajstić information content (AvgIpc) is 2.95. The number of aromatic nitrogens is 1. The van der Waals surface area contributed by atoms with E-state index in [0.29, 0.717) is 6.04 Å². The van der Waals surface area contributed by atoms with Gasteiger partial charge >= 0.3 is 0 Å². The van der Waals surface area contributed by atoms with E-state index in [2.05, 4.69) is 41.5 Å². The molecule has 1 unspecified atom stereocenters. The SMILES string of the molecule is CC(NCCc1ccccn1)c1ccc2c(c1)CCC2. The number of hydrogen-bond acceptors (Lipinski definition) is 2. The van der Waals surface area contributed by atoms with E-state index >= 15 is 0 Å². The molecule has 1 N–H and O–H groups in total. The van der Waals surface area contributed by atoms with Crippen LogP contribution in [0, 0.1) is 0 Å². The van der Waals surface area contributed by atoms with Crippen LogP contribution in [-0.2, 0) is 19.3 Å². The molecule has 0 fully saturated rings. The summed E-state index contributed by atoms with van der Waals surface area (Å²) in [4.78, 5) is 4.36. The summed E-state index contributed by atoms with van der Waals surface area (Å²) in [6.07, 6.45) is 6.68. The minimum atomic E-state index is 0.407. The topological polar surface area (TPSA) is 24.9 Å². The van der Waals surface area contributed by atoms with Crippen LogP contribution in [0.2, 0.25) is 0 Å². The Labute approximate surface area is 121 Å². The first-order valence-corrected chi connectivity index (χ1v) is 7.58. The van der Waals surface area contributed by atoms with E-state index in [1.807, 2.05) is 18.3 Å². The molecule has 0 saturated carbocycles. The van der Waals surface area contributed by atoms with E-state index in [1.165, 1.54) is 24.8 Å². The van der Waals surface area contributed by atoms with Gasteiger partial charge in [0.1, 0.15) is 0 Å². The summed E-state index contributed by atoms with van der Waals surface area (Å²) in [7, 11) is 0. The molecule has 0 radical (unpaired) electrons. The van der Waals surface area contributed by atoms with Crippen molar-refractivity contribution >= 4 is 0 Å². The number of pyridine rings is 1. The molecule has 0 amide bonds. The van der Waals surface area contributed by atoms with E-state index in [9.17, 15) is 0 Å². The molecule has 1 aliphatic carbocycles. The van der Waals surface area contributed by atoms with E-state index in [1.54, 1.807) is 11.1 Å². The monoisotopic (exact) mass is 266 g/mol. The molecule has 2 heteroatoms. The summed E-state index contributed by atoms with van der Waals surface area (Å²) < 4.78 is 0. The Morgan fingerprint density at radius 3 is 2.90 bits per heavy atom. The van der Waals surface area contributed by atoms with E-state index < -0.39 is 0 Å². The molecular weight excluding hydrogens is 244 g/mol. The molecule has 2 aromatic rings. The van der Waals surface area contributed by atoms with Gasteiger partial charge in [-0.1, -0.05) is 24.3 Å². The van der Waals surface area contributed by atoms with Gasteiger partial charge in [-0.15, -0.1) is 0 Å². The molecule has 20 heavy (non-hydrogen) atoms.